The predicted molar refractivity (Wildman–Crippen MR) is 264 cm³/mol. The molecule has 0 aliphatic heterocycles. The molecule has 0 aromatic carbocycles. The lowest BCUT2D eigenvalue weighted by Gasteiger charge is -2.33. The summed E-state index contributed by atoms with van der Waals surface area (Å²) in [5.41, 5.74) is 0. The molecule has 0 saturated carbocycles. The van der Waals surface area contributed by atoms with E-state index >= 15 is 0 Å². The van der Waals surface area contributed by atoms with Crippen molar-refractivity contribution in [3.63, 3.8) is 0 Å². The quantitative estimate of drug-likeness (QED) is 0.0261. The maximum absolute atomic E-state index is 12.3. The van der Waals surface area contributed by atoms with E-state index in [4.69, 9.17) is 28.4 Å². The number of quaternary nitrogens is 1. The molecule has 0 heterocycles. The van der Waals surface area contributed by atoms with E-state index in [9.17, 15) is 4.79 Å². The molecule has 0 fully saturated rings. The number of hydrogen-bond acceptors (Lipinski definition) is 7. The summed E-state index contributed by atoms with van der Waals surface area (Å²) in [6.45, 7) is 11.6. The minimum atomic E-state index is -0.151. The van der Waals surface area contributed by atoms with Crippen molar-refractivity contribution in [1.82, 2.24) is 0 Å². The summed E-state index contributed by atoms with van der Waals surface area (Å²) in [6, 6.07) is 0. The number of unbranched alkanes of at least 4 members (excludes halogenated alkanes) is 26. The van der Waals surface area contributed by atoms with Gasteiger partial charge in [0.05, 0.1) is 60.3 Å². The average molecular weight is 881 g/mol. The molecule has 0 amide bonds. The smallest absolute Gasteiger partial charge is 0.305 e. The highest BCUT2D eigenvalue weighted by molar-refractivity contribution is 5.69. The number of rotatable bonds is 52. The normalized spacial score (nSPS) is 12.7. The number of methoxy groups -OCH3 is 1. The van der Waals surface area contributed by atoms with E-state index in [-0.39, 0.29) is 18.7 Å². The number of likely N-dealkylation sites (N-methyl/N-ethyl adjacent to an activating group) is 1. The third-order valence-electron chi connectivity index (χ3n) is 11.8. The van der Waals surface area contributed by atoms with Crippen molar-refractivity contribution in [3.8, 4) is 0 Å². The highest BCUT2D eigenvalue weighted by atomic mass is 16.6. The number of carbonyl (C=O) groups is 1. The number of ether oxygens (including phenoxy) is 6. The summed E-state index contributed by atoms with van der Waals surface area (Å²) in [6.07, 6.45) is 50.3. The Balaban J connectivity index is 4.32. The SMILES string of the molecule is CCCCCCCCC=CCCCCCCCCCOCC(C[N+](C)(C)CCCCC(=O)OCCOCCOCCOC)OCCCCCCCCC=CCCCCCCCC. The third-order valence-corrected chi connectivity index (χ3v) is 11.8. The van der Waals surface area contributed by atoms with Crippen molar-refractivity contribution in [2.24, 2.45) is 0 Å². The van der Waals surface area contributed by atoms with Gasteiger partial charge in [0.25, 0.3) is 0 Å². The van der Waals surface area contributed by atoms with Gasteiger partial charge in [-0.05, 0) is 77.0 Å². The van der Waals surface area contributed by atoms with Crippen LogP contribution in [0.2, 0.25) is 0 Å². The fraction of sp³-hybridized carbons (Fsp3) is 0.907. The summed E-state index contributed by atoms with van der Waals surface area (Å²) in [7, 11) is 6.21. The first-order chi connectivity index (χ1) is 30.4. The zero-order chi connectivity index (χ0) is 45.1. The van der Waals surface area contributed by atoms with Gasteiger partial charge in [-0.2, -0.15) is 0 Å². The van der Waals surface area contributed by atoms with Crippen LogP contribution in [0.5, 0.6) is 0 Å². The van der Waals surface area contributed by atoms with Crippen molar-refractivity contribution < 1.29 is 37.7 Å². The Morgan fingerprint density at radius 3 is 1.35 bits per heavy atom. The van der Waals surface area contributed by atoms with E-state index in [0.717, 1.165) is 56.5 Å². The second-order valence-electron chi connectivity index (χ2n) is 18.5. The second kappa shape index (κ2) is 50.7. The van der Waals surface area contributed by atoms with Crippen LogP contribution in [0, 0.1) is 0 Å². The van der Waals surface area contributed by atoms with Crippen LogP contribution in [0.3, 0.4) is 0 Å². The summed E-state index contributed by atoms with van der Waals surface area (Å²) in [4.78, 5) is 12.3. The summed E-state index contributed by atoms with van der Waals surface area (Å²) < 4.78 is 34.8. The standard InChI is InChI=1S/C54H106NO7/c1-6-8-10-12-14-16-18-20-22-24-25-27-29-31-33-35-39-43-60-52-53(61-44-40-36-34-32-30-28-26-23-21-19-17-15-13-11-9-7-2)51-55(3,4)42-38-37-41-54(56)62-50-49-59-48-47-58-46-45-57-5/h20-23,53H,6-19,24-52H2,1-5H3/q+1. The van der Waals surface area contributed by atoms with Crippen LogP contribution in [-0.2, 0) is 33.2 Å². The molecule has 0 rings (SSSR count). The van der Waals surface area contributed by atoms with Gasteiger partial charge in [0, 0.05) is 26.7 Å². The van der Waals surface area contributed by atoms with E-state index < -0.39 is 0 Å². The zero-order valence-corrected chi connectivity index (χ0v) is 42.1. The molecule has 368 valence electrons. The molecule has 1 atom stereocenters. The van der Waals surface area contributed by atoms with Gasteiger partial charge < -0.3 is 32.9 Å². The Morgan fingerprint density at radius 1 is 0.452 bits per heavy atom. The van der Waals surface area contributed by atoms with Crippen molar-refractivity contribution in [1.29, 1.82) is 0 Å². The first-order valence-corrected chi connectivity index (χ1v) is 26.6. The molecule has 0 saturated heterocycles. The van der Waals surface area contributed by atoms with Crippen LogP contribution < -0.4 is 0 Å². The monoisotopic (exact) mass is 881 g/mol. The molecule has 62 heavy (non-hydrogen) atoms. The molecule has 1 unspecified atom stereocenters. The number of esters is 1. The topological polar surface area (TPSA) is 72.5 Å². The van der Waals surface area contributed by atoms with Gasteiger partial charge in [-0.3, -0.25) is 4.79 Å². The van der Waals surface area contributed by atoms with Gasteiger partial charge in [0.15, 0.2) is 0 Å². The van der Waals surface area contributed by atoms with Gasteiger partial charge in [0.1, 0.15) is 19.3 Å². The Hall–Kier alpha value is -1.29. The Labute approximate surface area is 386 Å². The van der Waals surface area contributed by atoms with E-state index in [2.05, 4.69) is 52.2 Å². The zero-order valence-electron chi connectivity index (χ0n) is 42.1. The largest absolute Gasteiger partial charge is 0.463 e. The van der Waals surface area contributed by atoms with Crippen LogP contribution in [0.15, 0.2) is 24.3 Å². The van der Waals surface area contributed by atoms with E-state index in [0.29, 0.717) is 46.1 Å². The number of nitrogens with zero attached hydrogens (tertiary/aromatic N) is 1. The van der Waals surface area contributed by atoms with Crippen molar-refractivity contribution in [3.05, 3.63) is 24.3 Å². The van der Waals surface area contributed by atoms with Gasteiger partial charge >= 0.3 is 5.97 Å². The molecule has 0 aromatic rings. The van der Waals surface area contributed by atoms with Crippen LogP contribution in [0.4, 0.5) is 0 Å². The molecule has 0 bridgehead atoms. The number of carbonyl (C=O) groups excluding carboxylic acids is 1. The molecular formula is C54H106NO7+. The summed E-state index contributed by atoms with van der Waals surface area (Å²) in [5, 5.41) is 0. The first-order valence-electron chi connectivity index (χ1n) is 26.6. The number of hydrogen-bond donors (Lipinski definition) is 0. The third kappa shape index (κ3) is 49.7. The Kier molecular flexibility index (Phi) is 49.7. The molecule has 0 aromatic heterocycles. The molecule has 0 N–H and O–H groups in total. The van der Waals surface area contributed by atoms with Crippen LogP contribution in [-0.4, -0.2) is 110 Å². The van der Waals surface area contributed by atoms with E-state index in [1.165, 1.54) is 173 Å². The van der Waals surface area contributed by atoms with Crippen LogP contribution in [0.25, 0.3) is 0 Å². The van der Waals surface area contributed by atoms with Crippen LogP contribution >= 0.6 is 0 Å². The van der Waals surface area contributed by atoms with Gasteiger partial charge in [-0.1, -0.05) is 160 Å². The lowest BCUT2D eigenvalue weighted by atomic mass is 10.1. The van der Waals surface area contributed by atoms with E-state index in [1.807, 2.05) is 0 Å². The molecule has 0 aliphatic rings. The summed E-state index contributed by atoms with van der Waals surface area (Å²) >= 11 is 0. The van der Waals surface area contributed by atoms with Crippen molar-refractivity contribution in [2.45, 2.75) is 225 Å². The maximum atomic E-state index is 12.3. The Morgan fingerprint density at radius 2 is 0.871 bits per heavy atom. The molecule has 0 aliphatic carbocycles. The molecule has 8 nitrogen and oxygen atoms in total. The second-order valence-corrected chi connectivity index (χ2v) is 18.5. The summed E-state index contributed by atoms with van der Waals surface area (Å²) in [5.74, 6) is -0.151. The van der Waals surface area contributed by atoms with Crippen molar-refractivity contribution >= 4 is 5.97 Å². The highest BCUT2D eigenvalue weighted by Gasteiger charge is 2.23. The fourth-order valence-corrected chi connectivity index (χ4v) is 7.80. The first kappa shape index (κ1) is 60.7. The fourth-order valence-electron chi connectivity index (χ4n) is 7.80. The lowest BCUT2D eigenvalue weighted by Crippen LogP contribution is -2.48. The number of allylic oxidation sites excluding steroid dienone is 4. The van der Waals surface area contributed by atoms with Crippen molar-refractivity contribution in [2.75, 3.05) is 93.8 Å². The molecule has 0 spiro atoms. The van der Waals surface area contributed by atoms with Gasteiger partial charge in [0.2, 0.25) is 0 Å². The Bertz CT molecular complexity index is 942. The van der Waals surface area contributed by atoms with Crippen LogP contribution in [0.1, 0.15) is 219 Å². The molecule has 8 heteroatoms. The minimum Gasteiger partial charge on any atom is -0.463 e. The lowest BCUT2D eigenvalue weighted by molar-refractivity contribution is -0.893. The minimum absolute atomic E-state index is 0.0864. The molecular weight excluding hydrogens is 775 g/mol. The predicted octanol–water partition coefficient (Wildman–Crippen LogP) is 14.3. The maximum Gasteiger partial charge on any atom is 0.305 e. The van der Waals surface area contributed by atoms with E-state index in [1.54, 1.807) is 7.11 Å². The van der Waals surface area contributed by atoms with Gasteiger partial charge in [-0.25, -0.2) is 0 Å². The average Bonchev–Trinajstić information content (AvgIpc) is 3.26. The molecule has 0 radical (unpaired) electrons. The van der Waals surface area contributed by atoms with Gasteiger partial charge in [-0.15, -0.1) is 0 Å². The highest BCUT2D eigenvalue weighted by Crippen LogP contribution is 2.14.